The van der Waals surface area contributed by atoms with E-state index in [-0.39, 0.29) is 5.69 Å². The van der Waals surface area contributed by atoms with Gasteiger partial charge in [-0.25, -0.2) is 4.98 Å². The molecule has 2 heterocycles. The summed E-state index contributed by atoms with van der Waals surface area (Å²) in [4.78, 5) is 14.6. The van der Waals surface area contributed by atoms with E-state index >= 15 is 0 Å². The van der Waals surface area contributed by atoms with Crippen molar-refractivity contribution in [2.45, 2.75) is 5.03 Å². The van der Waals surface area contributed by atoms with E-state index in [9.17, 15) is 15.4 Å². The SMILES string of the molecule is CSc1nc2ccnn2c(Nc2ccc([N+](=O)[O-])cc2)c1C#N. The fourth-order valence-corrected chi connectivity index (χ4v) is 2.62. The Bertz CT molecular complexity index is 929. The number of aromatic nitrogens is 3. The van der Waals surface area contributed by atoms with Gasteiger partial charge in [-0.1, -0.05) is 0 Å². The zero-order chi connectivity index (χ0) is 16.4. The number of thioether (sulfide) groups is 1. The van der Waals surface area contributed by atoms with Crippen LogP contribution in [0.3, 0.4) is 0 Å². The van der Waals surface area contributed by atoms with Crippen molar-refractivity contribution in [3.63, 3.8) is 0 Å². The Morgan fingerprint density at radius 3 is 2.70 bits per heavy atom. The van der Waals surface area contributed by atoms with Crippen molar-refractivity contribution in [1.82, 2.24) is 14.6 Å². The molecule has 0 atom stereocenters. The number of hydrogen-bond donors (Lipinski definition) is 1. The molecule has 3 rings (SSSR count). The van der Waals surface area contributed by atoms with Gasteiger partial charge >= 0.3 is 0 Å². The van der Waals surface area contributed by atoms with E-state index in [2.05, 4.69) is 21.5 Å². The number of nitriles is 1. The van der Waals surface area contributed by atoms with Gasteiger partial charge in [0.2, 0.25) is 0 Å². The molecule has 0 saturated heterocycles. The van der Waals surface area contributed by atoms with Gasteiger partial charge in [0.1, 0.15) is 16.7 Å². The molecule has 2 aromatic heterocycles. The zero-order valence-corrected chi connectivity index (χ0v) is 12.7. The molecule has 114 valence electrons. The summed E-state index contributed by atoms with van der Waals surface area (Å²) in [6.45, 7) is 0. The number of hydrogen-bond acceptors (Lipinski definition) is 7. The summed E-state index contributed by atoms with van der Waals surface area (Å²) in [7, 11) is 0. The van der Waals surface area contributed by atoms with Crippen LogP contribution in [0.15, 0.2) is 41.6 Å². The van der Waals surface area contributed by atoms with Crippen LogP contribution in [0.4, 0.5) is 17.2 Å². The van der Waals surface area contributed by atoms with Gasteiger partial charge in [-0.05, 0) is 18.4 Å². The predicted molar refractivity (Wildman–Crippen MR) is 85.9 cm³/mol. The number of nitro benzene ring substituents is 1. The maximum atomic E-state index is 10.7. The van der Waals surface area contributed by atoms with Gasteiger partial charge in [-0.2, -0.15) is 14.9 Å². The highest BCUT2D eigenvalue weighted by atomic mass is 32.2. The highest BCUT2D eigenvalue weighted by Crippen LogP contribution is 2.28. The third-order valence-electron chi connectivity index (χ3n) is 3.15. The van der Waals surface area contributed by atoms with Crippen molar-refractivity contribution in [3.8, 4) is 6.07 Å². The van der Waals surface area contributed by atoms with E-state index in [1.807, 2.05) is 6.26 Å². The smallest absolute Gasteiger partial charge is 0.269 e. The van der Waals surface area contributed by atoms with Crippen LogP contribution in [-0.4, -0.2) is 25.8 Å². The minimum absolute atomic E-state index is 0.000163. The van der Waals surface area contributed by atoms with Crippen LogP contribution in [-0.2, 0) is 0 Å². The molecule has 0 aliphatic heterocycles. The highest BCUT2D eigenvalue weighted by molar-refractivity contribution is 7.98. The van der Waals surface area contributed by atoms with Gasteiger partial charge in [0.25, 0.3) is 5.69 Å². The van der Waals surface area contributed by atoms with Crippen molar-refractivity contribution < 1.29 is 4.92 Å². The first kappa shape index (κ1) is 14.8. The Morgan fingerprint density at radius 1 is 1.35 bits per heavy atom. The Morgan fingerprint density at radius 2 is 2.09 bits per heavy atom. The van der Waals surface area contributed by atoms with Crippen molar-refractivity contribution in [2.75, 3.05) is 11.6 Å². The summed E-state index contributed by atoms with van der Waals surface area (Å²) < 4.78 is 1.53. The fraction of sp³-hybridized carbons (Fsp3) is 0.0714. The van der Waals surface area contributed by atoms with Crippen molar-refractivity contribution >= 4 is 34.6 Å². The first-order valence-electron chi connectivity index (χ1n) is 6.47. The lowest BCUT2D eigenvalue weighted by molar-refractivity contribution is -0.384. The van der Waals surface area contributed by atoms with Gasteiger partial charge < -0.3 is 5.32 Å². The van der Waals surface area contributed by atoms with Gasteiger partial charge in [-0.3, -0.25) is 10.1 Å². The number of nitrogens with zero attached hydrogens (tertiary/aromatic N) is 5. The second kappa shape index (κ2) is 5.94. The third-order valence-corrected chi connectivity index (χ3v) is 3.83. The molecule has 1 aromatic carbocycles. The van der Waals surface area contributed by atoms with Crippen LogP contribution in [0.5, 0.6) is 0 Å². The fourth-order valence-electron chi connectivity index (χ4n) is 2.09. The molecule has 0 saturated carbocycles. The quantitative estimate of drug-likeness (QED) is 0.340. The van der Waals surface area contributed by atoms with Crippen LogP contribution in [0.2, 0.25) is 0 Å². The molecule has 0 aliphatic rings. The molecule has 0 fully saturated rings. The molecule has 0 spiro atoms. The lowest BCUT2D eigenvalue weighted by atomic mass is 10.2. The van der Waals surface area contributed by atoms with Gasteiger partial charge in [0.05, 0.1) is 11.1 Å². The largest absolute Gasteiger partial charge is 0.339 e. The van der Waals surface area contributed by atoms with E-state index < -0.39 is 4.92 Å². The van der Waals surface area contributed by atoms with E-state index in [4.69, 9.17) is 0 Å². The monoisotopic (exact) mass is 326 g/mol. The number of benzene rings is 1. The number of non-ortho nitro benzene ring substituents is 1. The number of rotatable bonds is 4. The average Bonchev–Trinajstić information content (AvgIpc) is 3.03. The Hall–Kier alpha value is -3.12. The molecule has 23 heavy (non-hydrogen) atoms. The van der Waals surface area contributed by atoms with Crippen LogP contribution < -0.4 is 5.32 Å². The first-order valence-corrected chi connectivity index (χ1v) is 7.70. The molecule has 3 aromatic rings. The van der Waals surface area contributed by atoms with Crippen molar-refractivity contribution in [3.05, 3.63) is 52.2 Å². The summed E-state index contributed by atoms with van der Waals surface area (Å²) in [5, 5.41) is 28.0. The van der Waals surface area contributed by atoms with Crippen molar-refractivity contribution in [2.24, 2.45) is 0 Å². The van der Waals surface area contributed by atoms with Crippen LogP contribution >= 0.6 is 11.8 Å². The number of fused-ring (bicyclic) bond motifs is 1. The predicted octanol–water partition coefficient (Wildman–Crippen LogP) is 2.97. The lowest BCUT2D eigenvalue weighted by Crippen LogP contribution is -2.06. The molecule has 0 bridgehead atoms. The third kappa shape index (κ3) is 2.67. The number of nitrogens with one attached hydrogen (secondary N) is 1. The Balaban J connectivity index is 2.09. The summed E-state index contributed by atoms with van der Waals surface area (Å²) in [5.74, 6) is 0.473. The molecule has 8 nitrogen and oxygen atoms in total. The highest BCUT2D eigenvalue weighted by Gasteiger charge is 2.16. The topological polar surface area (TPSA) is 109 Å². The molecular formula is C14H10N6O2S. The maximum absolute atomic E-state index is 10.7. The first-order chi connectivity index (χ1) is 11.1. The van der Waals surface area contributed by atoms with Gasteiger partial charge in [0, 0.05) is 23.9 Å². The van der Waals surface area contributed by atoms with E-state index in [1.165, 1.54) is 28.4 Å². The lowest BCUT2D eigenvalue weighted by Gasteiger charge is -2.12. The maximum Gasteiger partial charge on any atom is 0.269 e. The molecule has 9 heteroatoms. The number of nitro groups is 1. The second-order valence-electron chi connectivity index (χ2n) is 4.49. The minimum Gasteiger partial charge on any atom is -0.339 e. The summed E-state index contributed by atoms with van der Waals surface area (Å²) in [6.07, 6.45) is 3.43. The van der Waals surface area contributed by atoms with E-state index in [1.54, 1.807) is 24.4 Å². The Kier molecular flexibility index (Phi) is 3.82. The van der Waals surface area contributed by atoms with Crippen LogP contribution in [0, 0.1) is 21.4 Å². The van der Waals surface area contributed by atoms with E-state index in [0.29, 0.717) is 27.7 Å². The molecule has 0 unspecified atom stereocenters. The standard InChI is InChI=1S/C14H10N6O2S/c1-23-14-11(8-15)13(19-12(18-14)6-7-16-19)17-9-2-4-10(5-3-9)20(21)22/h2-7,17H,1H3. The van der Waals surface area contributed by atoms with E-state index in [0.717, 1.165) is 0 Å². The summed E-state index contributed by atoms with van der Waals surface area (Å²) >= 11 is 1.37. The molecule has 0 amide bonds. The normalized spacial score (nSPS) is 10.4. The minimum atomic E-state index is -0.464. The summed E-state index contributed by atoms with van der Waals surface area (Å²) in [5.41, 5.74) is 1.59. The summed E-state index contributed by atoms with van der Waals surface area (Å²) in [6, 6.07) is 9.81. The second-order valence-corrected chi connectivity index (χ2v) is 5.28. The zero-order valence-electron chi connectivity index (χ0n) is 11.9. The van der Waals surface area contributed by atoms with Crippen LogP contribution in [0.25, 0.3) is 5.65 Å². The Labute approximate surface area is 134 Å². The average molecular weight is 326 g/mol. The van der Waals surface area contributed by atoms with Gasteiger partial charge in [-0.15, -0.1) is 11.8 Å². The van der Waals surface area contributed by atoms with Crippen molar-refractivity contribution in [1.29, 1.82) is 5.26 Å². The molecule has 1 N–H and O–H groups in total. The number of anilines is 2. The van der Waals surface area contributed by atoms with Crippen LogP contribution in [0.1, 0.15) is 5.56 Å². The molecular weight excluding hydrogens is 316 g/mol. The van der Waals surface area contributed by atoms with Gasteiger partial charge in [0.15, 0.2) is 11.5 Å². The molecule has 0 radical (unpaired) electrons. The molecule has 0 aliphatic carbocycles.